The molecule has 0 saturated carbocycles. The highest BCUT2D eigenvalue weighted by Crippen LogP contribution is 2.10. The molecule has 1 rings (SSSR count). The van der Waals surface area contributed by atoms with E-state index in [1.54, 1.807) is 24.3 Å². The molecule has 0 heterocycles. The van der Waals surface area contributed by atoms with E-state index < -0.39 is 8.03 Å². The molecule has 0 spiro atoms. The van der Waals surface area contributed by atoms with Gasteiger partial charge in [0.15, 0.2) is 0 Å². The van der Waals surface area contributed by atoms with Crippen LogP contribution in [0.2, 0.25) is 0 Å². The minimum absolute atomic E-state index is 0. The summed E-state index contributed by atoms with van der Waals surface area (Å²) in [6.07, 6.45) is 0. The maximum Gasteiger partial charge on any atom is 0.546 e. The van der Waals surface area contributed by atoms with Crippen molar-refractivity contribution in [2.75, 3.05) is 0 Å². The van der Waals surface area contributed by atoms with Crippen molar-refractivity contribution in [1.29, 1.82) is 0 Å². The Morgan fingerprint density at radius 3 is 2.00 bits per heavy atom. The predicted molar refractivity (Wildman–Crippen MR) is 47.2 cm³/mol. The molecule has 4 heteroatoms. The Balaban J connectivity index is 0.000000810. The minimum Gasteiger partial charge on any atom is -0.156 e. The van der Waals surface area contributed by atoms with Gasteiger partial charge in [-0.3, -0.25) is 0 Å². The van der Waals surface area contributed by atoms with E-state index in [1.165, 1.54) is 0 Å². The van der Waals surface area contributed by atoms with Crippen LogP contribution in [0.3, 0.4) is 0 Å². The van der Waals surface area contributed by atoms with Crippen molar-refractivity contribution in [3.05, 3.63) is 30.3 Å². The first-order valence-corrected chi connectivity index (χ1v) is 3.73. The molecule has 10 heavy (non-hydrogen) atoms. The quantitative estimate of drug-likeness (QED) is 0.463. The van der Waals surface area contributed by atoms with Crippen molar-refractivity contribution >= 4 is 24.3 Å². The van der Waals surface area contributed by atoms with Gasteiger partial charge in [0.25, 0.3) is 0 Å². The first-order chi connectivity index (χ1) is 4.30. The zero-order valence-electron chi connectivity index (χ0n) is 4.69. The van der Waals surface area contributed by atoms with Gasteiger partial charge in [-0.15, -0.1) is 0 Å². The molecule has 0 saturated heterocycles. The average molecular weight is 173 g/mol. The van der Waals surface area contributed by atoms with Crippen molar-refractivity contribution in [3.8, 4) is 0 Å². The fourth-order valence-corrected chi connectivity index (χ4v) is 0.983. The third kappa shape index (κ3) is 2.39. The van der Waals surface area contributed by atoms with Crippen molar-refractivity contribution in [2.45, 2.75) is 0 Å². The van der Waals surface area contributed by atoms with Crippen LogP contribution in [-0.4, -0.2) is 15.9 Å². The molecule has 1 aromatic rings. The van der Waals surface area contributed by atoms with Crippen LogP contribution in [-0.2, 0) is 4.57 Å². The van der Waals surface area contributed by atoms with Crippen molar-refractivity contribution in [1.82, 2.24) is 0 Å². The molecule has 1 unspecified atom stereocenters. The number of rotatable bonds is 1. The second kappa shape index (κ2) is 4.33. The fraction of sp³-hybridized carbons (Fsp3) is 0. The molecule has 0 aromatic heterocycles. The smallest absolute Gasteiger partial charge is 0.156 e. The van der Waals surface area contributed by atoms with Gasteiger partial charge in [-0.05, 0) is 27.7 Å². The van der Waals surface area contributed by atoms with Gasteiger partial charge in [0, 0.05) is 0 Å². The van der Waals surface area contributed by atoms with Gasteiger partial charge in [0.2, 0.25) is 5.30 Å². The summed E-state index contributed by atoms with van der Waals surface area (Å²) in [5.41, 5.74) is 0. The molecule has 0 amide bonds. The van der Waals surface area contributed by atoms with Gasteiger partial charge in [0.1, 0.15) is 0 Å². The van der Waals surface area contributed by atoms with Gasteiger partial charge < -0.3 is 0 Å². The molecule has 0 fully saturated rings. The summed E-state index contributed by atoms with van der Waals surface area (Å²) < 4.78 is 10.3. The Morgan fingerprint density at radius 1 is 1.20 bits per heavy atom. The molecule has 0 aliphatic rings. The summed E-state index contributed by atoms with van der Waals surface area (Å²) in [6, 6.07) is 8.53. The third-order valence-corrected chi connectivity index (χ3v) is 1.72. The normalized spacial score (nSPS) is 9.90. The van der Waals surface area contributed by atoms with Crippen LogP contribution >= 0.6 is 8.03 Å². The van der Waals surface area contributed by atoms with E-state index in [-0.39, 0.29) is 11.0 Å². The highest BCUT2D eigenvalue weighted by atomic mass is 31.1. The highest BCUT2D eigenvalue weighted by molar-refractivity contribution is 7.47. The van der Waals surface area contributed by atoms with E-state index in [0.29, 0.717) is 5.30 Å². The van der Waals surface area contributed by atoms with Gasteiger partial charge in [-0.25, -0.2) is 0 Å². The zero-order valence-corrected chi connectivity index (χ0v) is 5.58. The van der Waals surface area contributed by atoms with E-state index in [2.05, 4.69) is 0 Å². The Kier molecular flexibility index (Phi) is 4.12. The predicted octanol–water partition coefficient (Wildman–Crippen LogP) is -0.405. The van der Waals surface area contributed by atoms with Crippen LogP contribution in [0.5, 0.6) is 0 Å². The lowest BCUT2D eigenvalue weighted by atomic mass is 10.4. The molecular weight excluding hydrogens is 163 g/mol. The molecule has 0 aliphatic heterocycles. The maximum absolute atomic E-state index is 10.3. The first kappa shape index (κ1) is 9.50. The summed E-state index contributed by atoms with van der Waals surface area (Å²) in [4.78, 5) is 8.53. The number of hydrogen-bond acceptors (Lipinski definition) is 1. The Morgan fingerprint density at radius 2 is 1.70 bits per heavy atom. The number of benzene rings is 1. The lowest BCUT2D eigenvalue weighted by Gasteiger charge is -1.77. The molecule has 54 valence electrons. The van der Waals surface area contributed by atoms with Crippen LogP contribution in [0.25, 0.3) is 0 Å². The summed E-state index contributed by atoms with van der Waals surface area (Å²) in [6.45, 7) is 0. The second-order valence-electron chi connectivity index (χ2n) is 1.61. The summed E-state index contributed by atoms with van der Waals surface area (Å²) in [5, 5.41) is 0.479. The molecule has 2 nitrogen and oxygen atoms in total. The Hall–Kier alpha value is -0.503. The van der Waals surface area contributed by atoms with Crippen molar-refractivity contribution < 1.29 is 9.46 Å². The largest absolute Gasteiger partial charge is 0.546 e. The summed E-state index contributed by atoms with van der Waals surface area (Å²) in [5.74, 6) is 0. The van der Waals surface area contributed by atoms with Crippen LogP contribution in [0.1, 0.15) is 0 Å². The van der Waals surface area contributed by atoms with E-state index in [4.69, 9.17) is 4.89 Å². The van der Waals surface area contributed by atoms with Gasteiger partial charge >= 0.3 is 8.03 Å². The highest BCUT2D eigenvalue weighted by Gasteiger charge is 2.12. The SMILES string of the molecule is O=[P+](O)c1ccccc1.[SiH4]. The standard InChI is InChI=1S/C6H5O2P.H4Si/c7-9(8)6-4-2-1-3-5-6;/h1-5H;1H4/p+1. The minimum atomic E-state index is -2.15. The second-order valence-corrected chi connectivity index (χ2v) is 2.67. The molecule has 0 bridgehead atoms. The summed E-state index contributed by atoms with van der Waals surface area (Å²) in [7, 11) is -2.15. The Labute approximate surface area is 64.8 Å². The van der Waals surface area contributed by atoms with Crippen LogP contribution in [0, 0.1) is 0 Å². The van der Waals surface area contributed by atoms with Crippen LogP contribution < -0.4 is 5.30 Å². The lowest BCUT2D eigenvalue weighted by molar-refractivity contribution is 0.513. The molecular formula is C6H10O2PSi+. The molecule has 0 aliphatic carbocycles. The molecule has 1 atom stereocenters. The van der Waals surface area contributed by atoms with Crippen molar-refractivity contribution in [3.63, 3.8) is 0 Å². The van der Waals surface area contributed by atoms with Crippen molar-refractivity contribution in [2.24, 2.45) is 0 Å². The van der Waals surface area contributed by atoms with Crippen LogP contribution in [0.15, 0.2) is 30.3 Å². The average Bonchev–Trinajstić information content (AvgIpc) is 1.90. The van der Waals surface area contributed by atoms with E-state index in [1.807, 2.05) is 6.07 Å². The number of hydrogen-bond donors (Lipinski definition) is 1. The van der Waals surface area contributed by atoms with E-state index in [9.17, 15) is 4.57 Å². The van der Waals surface area contributed by atoms with Gasteiger partial charge in [-0.2, -0.15) is 4.89 Å². The third-order valence-electron chi connectivity index (χ3n) is 0.977. The maximum atomic E-state index is 10.3. The zero-order chi connectivity index (χ0) is 6.69. The van der Waals surface area contributed by atoms with Gasteiger partial charge in [0.05, 0.1) is 0 Å². The Bertz CT molecular complexity index is 212. The van der Waals surface area contributed by atoms with Crippen LogP contribution in [0.4, 0.5) is 0 Å². The monoisotopic (exact) mass is 173 g/mol. The molecule has 1 N–H and O–H groups in total. The lowest BCUT2D eigenvalue weighted by Crippen LogP contribution is -1.91. The first-order valence-electron chi connectivity index (χ1n) is 2.52. The van der Waals surface area contributed by atoms with E-state index in [0.717, 1.165) is 0 Å². The van der Waals surface area contributed by atoms with Gasteiger partial charge in [-0.1, -0.05) is 18.2 Å². The summed E-state index contributed by atoms with van der Waals surface area (Å²) >= 11 is 0. The fourth-order valence-electron chi connectivity index (χ4n) is 0.556. The topological polar surface area (TPSA) is 37.3 Å². The molecule has 1 aromatic carbocycles. The van der Waals surface area contributed by atoms with E-state index >= 15 is 0 Å². The molecule has 0 radical (unpaired) electrons.